The van der Waals surface area contributed by atoms with Crippen LogP contribution in [0.4, 0.5) is 0 Å². The van der Waals surface area contributed by atoms with Gasteiger partial charge < -0.3 is 31.6 Å². The van der Waals surface area contributed by atoms with Crippen molar-refractivity contribution >= 4 is 16.4 Å². The van der Waals surface area contributed by atoms with E-state index in [0.717, 1.165) is 0 Å². The molecule has 1 saturated heterocycles. The summed E-state index contributed by atoms with van der Waals surface area (Å²) in [6.07, 6.45) is 0.538. The Hall–Kier alpha value is 0.154. The maximum atomic E-state index is 6.41. The van der Waals surface area contributed by atoms with Crippen LogP contribution in [-0.2, 0) is 31.6 Å². The second kappa shape index (κ2) is 10.3. The minimum atomic E-state index is -3.27. The van der Waals surface area contributed by atoms with Crippen molar-refractivity contribution in [1.29, 1.82) is 0 Å². The lowest BCUT2D eigenvalue weighted by Crippen LogP contribution is -2.77. The molecule has 7 nitrogen and oxygen atoms in total. The Morgan fingerprint density at radius 2 is 1.17 bits per heavy atom. The van der Waals surface area contributed by atoms with E-state index in [0.29, 0.717) is 52.1 Å². The van der Waals surface area contributed by atoms with Crippen molar-refractivity contribution < 1.29 is 31.6 Å². The van der Waals surface area contributed by atoms with E-state index in [-0.39, 0.29) is 0 Å². The molecule has 0 aromatic heterocycles. The molecule has 0 unspecified atom stereocenters. The summed E-state index contributed by atoms with van der Waals surface area (Å²) < 4.78 is 42.7. The number of ether oxygens (including phenoxy) is 2. The van der Waals surface area contributed by atoms with Gasteiger partial charge in [-0.15, -0.1) is 0 Å². The lowest BCUT2D eigenvalue weighted by atomic mass is 10.4. The van der Waals surface area contributed by atoms with Crippen molar-refractivity contribution in [3.63, 3.8) is 0 Å². The molecule has 0 aliphatic carbocycles. The fraction of sp³-hybridized carbons (Fsp3) is 1.00. The van der Waals surface area contributed by atoms with Gasteiger partial charge >= 0.3 is 16.4 Å². The molecule has 0 aromatic carbocycles. The van der Waals surface area contributed by atoms with Gasteiger partial charge in [0, 0.05) is 52.1 Å². The van der Waals surface area contributed by atoms with Crippen LogP contribution in [0.1, 0.15) is 48.0 Å². The number of hydrogen-bond acceptors (Lipinski definition) is 7. The zero-order valence-electron chi connectivity index (χ0n) is 16.0. The average Bonchev–Trinajstić information content (AvgIpc) is 2.53. The van der Waals surface area contributed by atoms with Gasteiger partial charge in [-0.1, -0.05) is 0 Å². The van der Waals surface area contributed by atoms with Gasteiger partial charge in [-0.3, -0.25) is 0 Å². The molecule has 1 rings (SSSR count). The van der Waals surface area contributed by atoms with Crippen molar-refractivity contribution in [3.05, 3.63) is 0 Å². The van der Waals surface area contributed by atoms with Crippen LogP contribution in [0.15, 0.2) is 0 Å². The van der Waals surface area contributed by atoms with E-state index >= 15 is 0 Å². The third-order valence-electron chi connectivity index (χ3n) is 3.67. The van der Waals surface area contributed by atoms with Crippen molar-refractivity contribution in [2.24, 2.45) is 0 Å². The van der Waals surface area contributed by atoms with Crippen molar-refractivity contribution in [1.82, 2.24) is 0 Å². The van der Waals surface area contributed by atoms with Gasteiger partial charge in [0.2, 0.25) is 0 Å². The number of hydrogen-bond donors (Lipinski definition) is 0. The molecule has 9 heteroatoms. The second-order valence-corrected chi connectivity index (χ2v) is 13.8. The Bertz CT molecular complexity index is 339. The van der Waals surface area contributed by atoms with Crippen LogP contribution in [0.5, 0.6) is 0 Å². The highest BCUT2D eigenvalue weighted by Crippen LogP contribution is 2.42. The number of rotatable bonds is 12. The van der Waals surface area contributed by atoms with Gasteiger partial charge in [-0.05, 0) is 41.5 Å². The monoisotopic (exact) mass is 382 g/mol. The van der Waals surface area contributed by atoms with Gasteiger partial charge in [-0.25, -0.2) is 0 Å². The molecule has 0 atom stereocenters. The van der Waals surface area contributed by atoms with Crippen LogP contribution in [0.2, 0.25) is 6.04 Å². The van der Waals surface area contributed by atoms with Crippen LogP contribution in [0.25, 0.3) is 0 Å². The minimum absolute atomic E-state index is 0.454. The van der Waals surface area contributed by atoms with Gasteiger partial charge in [0.05, 0.1) is 0 Å². The normalized spacial score (nSPS) is 21.8. The Balaban J connectivity index is 3.30. The van der Waals surface area contributed by atoms with Crippen molar-refractivity contribution in [2.75, 3.05) is 39.6 Å². The summed E-state index contributed by atoms with van der Waals surface area (Å²) in [6, 6.07) is 0.654. The van der Waals surface area contributed by atoms with E-state index in [1.807, 2.05) is 41.5 Å². The Morgan fingerprint density at radius 3 is 1.54 bits per heavy atom. The summed E-state index contributed by atoms with van der Waals surface area (Å²) in [5, 5.41) is 0. The van der Waals surface area contributed by atoms with E-state index in [1.165, 1.54) is 0 Å². The Kier molecular flexibility index (Phi) is 9.56. The molecule has 24 heavy (non-hydrogen) atoms. The van der Waals surface area contributed by atoms with Crippen LogP contribution in [0, 0.1) is 0 Å². The first kappa shape index (κ1) is 22.2. The van der Waals surface area contributed by atoms with Crippen LogP contribution >= 0.6 is 0 Å². The highest BCUT2D eigenvalue weighted by molar-refractivity contribution is 7.29. The molecular formula is C15H34O7Si2. The van der Waals surface area contributed by atoms with Gasteiger partial charge in [0.25, 0.3) is 5.97 Å². The van der Waals surface area contributed by atoms with E-state index in [2.05, 4.69) is 0 Å². The van der Waals surface area contributed by atoms with Crippen molar-refractivity contribution in [2.45, 2.75) is 60.0 Å². The summed E-state index contributed by atoms with van der Waals surface area (Å²) in [5.74, 6) is -1.15. The highest BCUT2D eigenvalue weighted by atomic mass is 29.3. The topological polar surface area (TPSA) is 64.6 Å². The first-order chi connectivity index (χ1) is 11.5. The Labute approximate surface area is 148 Å². The zero-order valence-corrected chi connectivity index (χ0v) is 18.0. The second-order valence-electron chi connectivity index (χ2n) is 5.19. The molecule has 0 saturated carbocycles. The lowest BCUT2D eigenvalue weighted by Gasteiger charge is -2.50. The minimum Gasteiger partial charge on any atom is -0.392 e. The standard InChI is InChI=1S/C15H34O7Si2/c1-7-16-15(17-8-2)13-14-23(18-9-3,19-10-4)24(22-15,20-11-5)21-12-6/h7-14H2,1-6H3. The summed E-state index contributed by atoms with van der Waals surface area (Å²) in [4.78, 5) is 0. The first-order valence-electron chi connectivity index (χ1n) is 9.06. The lowest BCUT2D eigenvalue weighted by molar-refractivity contribution is -0.359. The van der Waals surface area contributed by atoms with E-state index in [9.17, 15) is 0 Å². The Morgan fingerprint density at radius 1 is 0.708 bits per heavy atom. The third-order valence-corrected chi connectivity index (χ3v) is 14.5. The quantitative estimate of drug-likeness (QED) is 0.380. The van der Waals surface area contributed by atoms with Gasteiger partial charge in [-0.2, -0.15) is 0 Å². The maximum Gasteiger partial charge on any atom is 0.543 e. The van der Waals surface area contributed by atoms with Crippen LogP contribution in [0.3, 0.4) is 0 Å². The van der Waals surface area contributed by atoms with E-state index in [4.69, 9.17) is 31.6 Å². The SMILES string of the molecule is CCOC1(OCC)CC[Si](OCC)(OCC)[Si](OCC)(OCC)O1. The summed E-state index contributed by atoms with van der Waals surface area (Å²) in [5.41, 5.74) is 0. The molecule has 1 aliphatic rings. The molecule has 0 aromatic rings. The third kappa shape index (κ3) is 4.65. The molecule has 0 amide bonds. The predicted molar refractivity (Wildman–Crippen MR) is 94.5 cm³/mol. The van der Waals surface area contributed by atoms with Gasteiger partial charge in [0.1, 0.15) is 0 Å². The van der Waals surface area contributed by atoms with E-state index < -0.39 is 22.4 Å². The zero-order chi connectivity index (χ0) is 18.1. The molecule has 0 radical (unpaired) electrons. The van der Waals surface area contributed by atoms with Gasteiger partial charge in [0.15, 0.2) is 0 Å². The summed E-state index contributed by atoms with van der Waals surface area (Å²) >= 11 is 0. The van der Waals surface area contributed by atoms with Crippen LogP contribution in [-0.4, -0.2) is 62.0 Å². The first-order valence-corrected chi connectivity index (χ1v) is 13.8. The molecule has 0 bridgehead atoms. The highest BCUT2D eigenvalue weighted by Gasteiger charge is 2.74. The molecule has 1 aliphatic heterocycles. The average molecular weight is 383 g/mol. The molecule has 1 heterocycles. The fourth-order valence-electron chi connectivity index (χ4n) is 3.02. The smallest absolute Gasteiger partial charge is 0.392 e. The molecule has 1 fully saturated rings. The summed E-state index contributed by atoms with van der Waals surface area (Å²) in [6.45, 7) is 14.5. The largest absolute Gasteiger partial charge is 0.543 e. The molecule has 144 valence electrons. The molecule has 0 N–H and O–H groups in total. The molecular weight excluding hydrogens is 348 g/mol. The maximum absolute atomic E-state index is 6.41. The predicted octanol–water partition coefficient (Wildman–Crippen LogP) is 2.74. The fourth-order valence-corrected chi connectivity index (χ4v) is 14.1. The summed E-state index contributed by atoms with van der Waals surface area (Å²) in [7, 11) is -6.11. The van der Waals surface area contributed by atoms with E-state index in [1.54, 1.807) is 0 Å². The molecule has 0 spiro atoms. The van der Waals surface area contributed by atoms with Crippen LogP contribution < -0.4 is 0 Å². The van der Waals surface area contributed by atoms with Crippen molar-refractivity contribution in [3.8, 4) is 0 Å².